The number of piperidine rings is 1. The Morgan fingerprint density at radius 2 is 2.00 bits per heavy atom. The molecule has 0 bridgehead atoms. The van der Waals surface area contributed by atoms with E-state index in [9.17, 15) is 4.79 Å². The Balaban J connectivity index is 1.46. The van der Waals surface area contributed by atoms with Crippen molar-refractivity contribution in [2.45, 2.75) is 25.7 Å². The fourth-order valence-corrected chi connectivity index (χ4v) is 2.95. The molecular weight excluding hydrogens is 308 g/mol. The van der Waals surface area contributed by atoms with Crippen LogP contribution in [0.3, 0.4) is 0 Å². The number of likely N-dealkylation sites (tertiary alicyclic amines) is 1. The Labute approximate surface area is 141 Å². The number of aromatic nitrogens is 1. The van der Waals surface area contributed by atoms with E-state index in [0.29, 0.717) is 19.8 Å². The number of oxazole rings is 1. The first-order chi connectivity index (χ1) is 11.8. The molecule has 24 heavy (non-hydrogen) atoms. The number of hydrogen-bond acceptors (Lipinski definition) is 5. The van der Waals surface area contributed by atoms with Gasteiger partial charge in [0.25, 0.3) is 0 Å². The quantitative estimate of drug-likeness (QED) is 0.729. The van der Waals surface area contributed by atoms with Crippen molar-refractivity contribution in [1.29, 1.82) is 0 Å². The lowest BCUT2D eigenvalue weighted by Crippen LogP contribution is -2.40. The van der Waals surface area contributed by atoms with Gasteiger partial charge in [0.2, 0.25) is 5.91 Å². The monoisotopic (exact) mass is 332 g/mol. The van der Waals surface area contributed by atoms with E-state index < -0.39 is 0 Å². The predicted octanol–water partition coefficient (Wildman–Crippen LogP) is 2.59. The largest absolute Gasteiger partial charge is 0.440 e. The van der Waals surface area contributed by atoms with Gasteiger partial charge in [0.15, 0.2) is 11.5 Å². The second kappa shape index (κ2) is 8.26. The summed E-state index contributed by atoms with van der Waals surface area (Å²) in [5, 5.41) is 0. The lowest BCUT2D eigenvalue weighted by Gasteiger charge is -2.30. The van der Waals surface area contributed by atoms with E-state index in [1.807, 2.05) is 36.1 Å². The molecule has 0 aliphatic carbocycles. The van der Waals surface area contributed by atoms with Crippen LogP contribution in [0.25, 0.3) is 11.1 Å². The van der Waals surface area contributed by atoms with Crippen molar-refractivity contribution in [3.05, 3.63) is 30.2 Å². The van der Waals surface area contributed by atoms with Crippen LogP contribution < -0.4 is 0 Å². The highest BCUT2D eigenvalue weighted by Gasteiger charge is 2.26. The van der Waals surface area contributed by atoms with Crippen molar-refractivity contribution in [3.63, 3.8) is 0 Å². The zero-order chi connectivity index (χ0) is 16.8. The molecule has 0 N–H and O–H groups in total. The zero-order valence-electron chi connectivity index (χ0n) is 14.1. The number of carbonyl (C=O) groups excluding carboxylic acids is 1. The van der Waals surface area contributed by atoms with Crippen molar-refractivity contribution in [1.82, 2.24) is 9.88 Å². The van der Waals surface area contributed by atoms with Crippen LogP contribution in [0.2, 0.25) is 0 Å². The SMILES string of the molecule is CCOCCOCC(=O)N1CCC(c2nc3ccccc3o2)CC1. The molecular formula is C18H24N2O4. The third-order valence-electron chi connectivity index (χ3n) is 4.31. The van der Waals surface area contributed by atoms with Gasteiger partial charge >= 0.3 is 0 Å². The number of para-hydroxylation sites is 2. The zero-order valence-corrected chi connectivity index (χ0v) is 14.1. The molecule has 0 spiro atoms. The lowest BCUT2D eigenvalue weighted by molar-refractivity contribution is -0.137. The van der Waals surface area contributed by atoms with Crippen LogP contribution in [0, 0.1) is 0 Å². The van der Waals surface area contributed by atoms with Gasteiger partial charge in [-0.3, -0.25) is 4.79 Å². The summed E-state index contributed by atoms with van der Waals surface area (Å²) in [4.78, 5) is 18.6. The average Bonchev–Trinajstić information content (AvgIpc) is 3.05. The first-order valence-corrected chi connectivity index (χ1v) is 8.56. The molecule has 0 atom stereocenters. The van der Waals surface area contributed by atoms with Crippen LogP contribution in [0.4, 0.5) is 0 Å². The summed E-state index contributed by atoms with van der Waals surface area (Å²) in [6.07, 6.45) is 1.75. The average molecular weight is 332 g/mol. The standard InChI is InChI=1S/C18H24N2O4/c1-2-22-11-12-23-13-17(21)20-9-7-14(8-10-20)18-19-15-5-3-4-6-16(15)24-18/h3-6,14H,2,7-13H2,1H3. The van der Waals surface area contributed by atoms with E-state index in [-0.39, 0.29) is 18.4 Å². The summed E-state index contributed by atoms with van der Waals surface area (Å²) >= 11 is 0. The molecule has 1 saturated heterocycles. The van der Waals surface area contributed by atoms with E-state index >= 15 is 0 Å². The molecule has 1 aliphatic heterocycles. The second-order valence-electron chi connectivity index (χ2n) is 5.92. The van der Waals surface area contributed by atoms with Crippen molar-refractivity contribution in [2.24, 2.45) is 0 Å². The molecule has 0 radical (unpaired) electrons. The number of rotatable bonds is 7. The number of nitrogens with zero attached hydrogens (tertiary/aromatic N) is 2. The fraction of sp³-hybridized carbons (Fsp3) is 0.556. The van der Waals surface area contributed by atoms with Gasteiger partial charge in [0.05, 0.1) is 13.2 Å². The van der Waals surface area contributed by atoms with Crippen LogP contribution in [-0.2, 0) is 14.3 Å². The fourth-order valence-electron chi connectivity index (χ4n) is 2.95. The number of carbonyl (C=O) groups is 1. The number of ether oxygens (including phenoxy) is 2. The number of benzene rings is 1. The molecule has 6 nitrogen and oxygen atoms in total. The normalized spacial score (nSPS) is 16.0. The van der Waals surface area contributed by atoms with E-state index in [0.717, 1.165) is 42.9 Å². The maximum Gasteiger partial charge on any atom is 0.248 e. The summed E-state index contributed by atoms with van der Waals surface area (Å²) in [6, 6.07) is 7.80. The Morgan fingerprint density at radius 3 is 2.75 bits per heavy atom. The Morgan fingerprint density at radius 1 is 1.25 bits per heavy atom. The van der Waals surface area contributed by atoms with Crippen molar-refractivity contribution < 1.29 is 18.7 Å². The predicted molar refractivity (Wildman–Crippen MR) is 89.9 cm³/mol. The minimum Gasteiger partial charge on any atom is -0.440 e. The Kier molecular flexibility index (Phi) is 5.82. The molecule has 2 heterocycles. The van der Waals surface area contributed by atoms with Crippen LogP contribution in [0.15, 0.2) is 28.7 Å². The highest BCUT2D eigenvalue weighted by Crippen LogP contribution is 2.29. The van der Waals surface area contributed by atoms with Gasteiger partial charge in [0, 0.05) is 25.6 Å². The van der Waals surface area contributed by atoms with E-state index in [1.165, 1.54) is 0 Å². The van der Waals surface area contributed by atoms with Gasteiger partial charge in [-0.15, -0.1) is 0 Å². The van der Waals surface area contributed by atoms with Crippen molar-refractivity contribution in [2.75, 3.05) is 39.5 Å². The smallest absolute Gasteiger partial charge is 0.248 e. The molecule has 130 valence electrons. The third kappa shape index (κ3) is 4.13. The van der Waals surface area contributed by atoms with Gasteiger partial charge in [-0.1, -0.05) is 12.1 Å². The second-order valence-corrected chi connectivity index (χ2v) is 5.92. The van der Waals surface area contributed by atoms with Crippen molar-refractivity contribution in [3.8, 4) is 0 Å². The van der Waals surface area contributed by atoms with Gasteiger partial charge < -0.3 is 18.8 Å². The molecule has 1 aromatic heterocycles. The van der Waals surface area contributed by atoms with Gasteiger partial charge in [-0.2, -0.15) is 0 Å². The minimum atomic E-state index is 0.0440. The van der Waals surface area contributed by atoms with Gasteiger partial charge in [0.1, 0.15) is 12.1 Å². The van der Waals surface area contributed by atoms with Crippen LogP contribution in [0.5, 0.6) is 0 Å². The van der Waals surface area contributed by atoms with Crippen LogP contribution in [-0.4, -0.2) is 55.3 Å². The molecule has 6 heteroatoms. The van der Waals surface area contributed by atoms with Gasteiger partial charge in [-0.05, 0) is 31.9 Å². The van der Waals surface area contributed by atoms with Crippen molar-refractivity contribution >= 4 is 17.0 Å². The molecule has 0 unspecified atom stereocenters. The summed E-state index contributed by atoms with van der Waals surface area (Å²) in [6.45, 7) is 5.16. The maximum absolute atomic E-state index is 12.1. The summed E-state index contributed by atoms with van der Waals surface area (Å²) in [7, 11) is 0. The number of hydrogen-bond donors (Lipinski definition) is 0. The summed E-state index contributed by atoms with van der Waals surface area (Å²) < 4.78 is 16.4. The molecule has 2 aromatic rings. The molecule has 1 aliphatic rings. The van der Waals surface area contributed by atoms with Crippen LogP contribution in [0.1, 0.15) is 31.6 Å². The number of amides is 1. The molecule has 1 amide bonds. The number of fused-ring (bicyclic) bond motifs is 1. The molecule has 3 rings (SSSR count). The highest BCUT2D eigenvalue weighted by molar-refractivity contribution is 5.77. The molecule has 1 aromatic carbocycles. The Bertz CT molecular complexity index is 629. The van der Waals surface area contributed by atoms with Gasteiger partial charge in [-0.25, -0.2) is 4.98 Å². The Hall–Kier alpha value is -1.92. The lowest BCUT2D eigenvalue weighted by atomic mass is 9.97. The van der Waals surface area contributed by atoms with E-state index in [1.54, 1.807) is 0 Å². The first kappa shape index (κ1) is 16.9. The third-order valence-corrected chi connectivity index (χ3v) is 4.31. The minimum absolute atomic E-state index is 0.0440. The summed E-state index contributed by atoms with van der Waals surface area (Å²) in [5.41, 5.74) is 1.72. The highest BCUT2D eigenvalue weighted by atomic mass is 16.5. The van der Waals surface area contributed by atoms with E-state index in [2.05, 4.69) is 4.98 Å². The summed E-state index contributed by atoms with van der Waals surface area (Å²) in [5.74, 6) is 1.11. The topological polar surface area (TPSA) is 64.8 Å². The van der Waals surface area contributed by atoms with Crippen LogP contribution >= 0.6 is 0 Å². The maximum atomic E-state index is 12.1. The molecule has 0 saturated carbocycles. The van der Waals surface area contributed by atoms with E-state index in [4.69, 9.17) is 13.9 Å². The first-order valence-electron chi connectivity index (χ1n) is 8.56. The molecule has 1 fully saturated rings.